The molecule has 1 heteroatoms. The van der Waals surface area contributed by atoms with Crippen LogP contribution in [0.4, 0.5) is 0 Å². The monoisotopic (exact) mass is 109 g/mol. The summed E-state index contributed by atoms with van der Waals surface area (Å²) in [5.41, 5.74) is 0. The van der Waals surface area contributed by atoms with Gasteiger partial charge in [-0.15, -0.1) is 6.42 Å². The molecule has 0 N–H and O–H groups in total. The van der Waals surface area contributed by atoms with Crippen LogP contribution in [0.3, 0.4) is 0 Å². The highest BCUT2D eigenvalue weighted by Gasteiger charge is 1.46. The summed E-state index contributed by atoms with van der Waals surface area (Å²) in [4.78, 5) is 3.35. The highest BCUT2D eigenvalue weighted by molar-refractivity contribution is 5.26. The van der Waals surface area contributed by atoms with Crippen molar-refractivity contribution >= 4 is 6.72 Å². The summed E-state index contributed by atoms with van der Waals surface area (Å²) in [5.74, 6) is 2.25. The molecule has 0 spiro atoms. The molecule has 1 nitrogen and oxygen atoms in total. The first-order valence-corrected chi connectivity index (χ1v) is 2.49. The summed E-state index contributed by atoms with van der Waals surface area (Å²) < 4.78 is 0. The molecule has 0 aromatic heterocycles. The molecule has 0 radical (unpaired) electrons. The Bertz CT molecular complexity index is 95.4. The maximum absolute atomic E-state index is 4.79. The van der Waals surface area contributed by atoms with E-state index in [0.29, 0.717) is 0 Å². The summed E-state index contributed by atoms with van der Waals surface area (Å²) in [6, 6.07) is 0. The Labute approximate surface area is 51.1 Å². The molecule has 8 heavy (non-hydrogen) atoms. The molecule has 0 aliphatic rings. The molecule has 0 atom stereocenters. The highest BCUT2D eigenvalue weighted by Crippen LogP contribution is 1.64. The van der Waals surface area contributed by atoms with Crippen LogP contribution in [-0.2, 0) is 0 Å². The van der Waals surface area contributed by atoms with Gasteiger partial charge in [0.05, 0.1) is 0 Å². The third-order valence-electron chi connectivity index (χ3n) is 0.276. The number of nitrogens with zero attached hydrogens (tertiary/aromatic N) is 1. The lowest BCUT2D eigenvalue weighted by molar-refractivity contribution is 1.50. The minimum Gasteiger partial charge on any atom is -0.272 e. The fourth-order valence-corrected chi connectivity index (χ4v) is 0.0957. The molecule has 0 fully saturated rings. The van der Waals surface area contributed by atoms with E-state index in [1.807, 2.05) is 13.8 Å². The molecule has 0 bridgehead atoms. The van der Waals surface area contributed by atoms with E-state index in [0.717, 1.165) is 0 Å². The molecule has 44 valence electrons. The smallest absolute Gasteiger partial charge is 0.0344 e. The van der Waals surface area contributed by atoms with E-state index in [-0.39, 0.29) is 0 Å². The van der Waals surface area contributed by atoms with E-state index >= 15 is 0 Å². The molecule has 0 rings (SSSR count). The van der Waals surface area contributed by atoms with Gasteiger partial charge in [0.25, 0.3) is 0 Å². The summed E-state index contributed by atoms with van der Waals surface area (Å²) in [6.45, 7) is 7.17. The predicted molar refractivity (Wildman–Crippen MR) is 38.9 cm³/mol. The van der Waals surface area contributed by atoms with Crippen molar-refractivity contribution in [1.82, 2.24) is 0 Å². The van der Waals surface area contributed by atoms with Gasteiger partial charge in [-0.25, -0.2) is 0 Å². The van der Waals surface area contributed by atoms with Crippen LogP contribution in [0.25, 0.3) is 0 Å². The van der Waals surface area contributed by atoms with Gasteiger partial charge in [0.1, 0.15) is 0 Å². The normalized spacial score (nSPS) is 6.62. The summed E-state index contributed by atoms with van der Waals surface area (Å²) in [7, 11) is 0. The van der Waals surface area contributed by atoms with Crippen molar-refractivity contribution in [2.75, 3.05) is 0 Å². The molecular weight excluding hydrogens is 98.1 g/mol. The van der Waals surface area contributed by atoms with Gasteiger partial charge in [0.15, 0.2) is 0 Å². The second kappa shape index (κ2) is 16.7. The van der Waals surface area contributed by atoms with Gasteiger partial charge >= 0.3 is 0 Å². The lowest BCUT2D eigenvalue weighted by Crippen LogP contribution is -1.41. The fraction of sp³-hybridized carbons (Fsp3) is 0.286. The quantitative estimate of drug-likeness (QED) is 0.360. The molecule has 0 aliphatic carbocycles. The Hall–Kier alpha value is -1.03. The van der Waals surface area contributed by atoms with Crippen molar-refractivity contribution in [1.29, 1.82) is 0 Å². The van der Waals surface area contributed by atoms with Crippen molar-refractivity contribution in [2.24, 2.45) is 4.99 Å². The topological polar surface area (TPSA) is 12.4 Å². The Kier molecular flexibility index (Phi) is 21.0. The lowest BCUT2D eigenvalue weighted by atomic mass is 10.6. The Morgan fingerprint density at radius 3 is 2.25 bits per heavy atom. The largest absolute Gasteiger partial charge is 0.272 e. The average Bonchev–Trinajstić information content (AvgIpc) is 1.88. The van der Waals surface area contributed by atoms with Crippen LogP contribution in [0, 0.1) is 12.3 Å². The van der Waals surface area contributed by atoms with Crippen molar-refractivity contribution in [3.05, 3.63) is 12.3 Å². The lowest BCUT2D eigenvalue weighted by Gasteiger charge is -1.58. The summed E-state index contributed by atoms with van der Waals surface area (Å²) in [6.07, 6.45) is 7.73. The van der Waals surface area contributed by atoms with Crippen LogP contribution in [0.5, 0.6) is 0 Å². The number of hydrogen-bond acceptors (Lipinski definition) is 1. The molecule has 0 saturated carbocycles. The van der Waals surface area contributed by atoms with E-state index in [1.165, 1.54) is 12.3 Å². The molecule has 0 aromatic rings. The minimum absolute atomic E-state index is 1.46. The Morgan fingerprint density at radius 2 is 2.12 bits per heavy atom. The first kappa shape index (κ1) is 10.1. The van der Waals surface area contributed by atoms with E-state index in [1.54, 1.807) is 0 Å². The van der Waals surface area contributed by atoms with Crippen molar-refractivity contribution in [3.63, 3.8) is 0 Å². The van der Waals surface area contributed by atoms with Crippen LogP contribution in [0.15, 0.2) is 17.3 Å². The predicted octanol–water partition coefficient (Wildman–Crippen LogP) is 1.86. The molecule has 0 heterocycles. The van der Waals surface area contributed by atoms with Gasteiger partial charge in [0.2, 0.25) is 0 Å². The molecule has 0 aliphatic heterocycles. The second-order valence-corrected chi connectivity index (χ2v) is 0.665. The van der Waals surface area contributed by atoms with E-state index in [2.05, 4.69) is 17.6 Å². The summed E-state index contributed by atoms with van der Waals surface area (Å²) in [5, 5.41) is 0. The molecular formula is C7H11N. The van der Waals surface area contributed by atoms with Crippen LogP contribution in [0.2, 0.25) is 0 Å². The van der Waals surface area contributed by atoms with Gasteiger partial charge in [-0.05, 0) is 6.72 Å². The van der Waals surface area contributed by atoms with E-state index in [9.17, 15) is 0 Å². The highest BCUT2D eigenvalue weighted by atomic mass is 14.6. The van der Waals surface area contributed by atoms with Crippen LogP contribution >= 0.6 is 0 Å². The Balaban J connectivity index is 0. The van der Waals surface area contributed by atoms with Gasteiger partial charge in [0, 0.05) is 12.3 Å². The molecule has 0 saturated heterocycles. The fourth-order valence-electron chi connectivity index (χ4n) is 0.0957. The standard InChI is InChI=1S/C5H5N.C2H6/c1-3-4-5-6-2;1-2/h1,4-5H,2H2;1-2H3/b5-4-;. The van der Waals surface area contributed by atoms with E-state index < -0.39 is 0 Å². The van der Waals surface area contributed by atoms with Crippen LogP contribution in [-0.4, -0.2) is 6.72 Å². The van der Waals surface area contributed by atoms with Gasteiger partial charge in [-0.1, -0.05) is 19.8 Å². The van der Waals surface area contributed by atoms with Crippen molar-refractivity contribution in [3.8, 4) is 12.3 Å². The first-order valence-electron chi connectivity index (χ1n) is 2.49. The maximum Gasteiger partial charge on any atom is 0.0344 e. The van der Waals surface area contributed by atoms with E-state index in [4.69, 9.17) is 6.42 Å². The third kappa shape index (κ3) is 20.2. The van der Waals surface area contributed by atoms with Gasteiger partial charge < -0.3 is 0 Å². The van der Waals surface area contributed by atoms with Gasteiger partial charge in [-0.3, -0.25) is 4.99 Å². The summed E-state index contributed by atoms with van der Waals surface area (Å²) >= 11 is 0. The van der Waals surface area contributed by atoms with Crippen molar-refractivity contribution < 1.29 is 0 Å². The average molecular weight is 109 g/mol. The zero-order chi connectivity index (χ0) is 6.83. The maximum atomic E-state index is 4.79. The SMILES string of the molecule is C#C/C=C\N=C.CC. The number of allylic oxidation sites excluding steroid dienone is 1. The number of aliphatic imine (C=N–C) groups is 1. The van der Waals surface area contributed by atoms with Crippen LogP contribution < -0.4 is 0 Å². The second-order valence-electron chi connectivity index (χ2n) is 0.665. The number of rotatable bonds is 1. The van der Waals surface area contributed by atoms with Crippen LogP contribution in [0.1, 0.15) is 13.8 Å². The minimum atomic E-state index is 1.46. The Morgan fingerprint density at radius 1 is 1.62 bits per heavy atom. The van der Waals surface area contributed by atoms with Crippen molar-refractivity contribution in [2.45, 2.75) is 13.8 Å². The zero-order valence-corrected chi connectivity index (χ0v) is 5.39. The number of terminal acetylenes is 1. The zero-order valence-electron chi connectivity index (χ0n) is 5.39. The molecule has 0 amide bonds. The molecule has 0 unspecified atom stereocenters. The third-order valence-corrected chi connectivity index (χ3v) is 0.276. The molecule has 0 aromatic carbocycles. The van der Waals surface area contributed by atoms with Gasteiger partial charge in [-0.2, -0.15) is 0 Å². The first-order chi connectivity index (χ1) is 3.91. The number of hydrogen-bond donors (Lipinski definition) is 0.